The number of hydrogen-bond donors (Lipinski definition) is 1. The summed E-state index contributed by atoms with van der Waals surface area (Å²) in [6.45, 7) is 1.92. The topological polar surface area (TPSA) is 126 Å². The molecule has 6 rings (SSSR count). The highest BCUT2D eigenvalue weighted by atomic mass is 32.2. The summed E-state index contributed by atoms with van der Waals surface area (Å²) < 4.78 is 47.2. The number of benzene rings is 3. The largest absolute Gasteiger partial charge is 0.455 e. The van der Waals surface area contributed by atoms with Crippen LogP contribution < -0.4 is 14.5 Å². The number of halogens is 1. The van der Waals surface area contributed by atoms with Gasteiger partial charge in [-0.05, 0) is 31.2 Å². The lowest BCUT2D eigenvalue weighted by atomic mass is 9.99. The van der Waals surface area contributed by atoms with E-state index in [0.717, 1.165) is 16.1 Å². The van der Waals surface area contributed by atoms with Crippen LogP contribution in [0.3, 0.4) is 0 Å². The van der Waals surface area contributed by atoms with Crippen LogP contribution >= 0.6 is 0 Å². The Morgan fingerprint density at radius 3 is 2.49 bits per heavy atom. The minimum absolute atomic E-state index is 0.0312. The summed E-state index contributed by atoms with van der Waals surface area (Å²) in [5.41, 5.74) is 3.85. The Morgan fingerprint density at radius 1 is 1.07 bits per heavy atom. The number of aryl methyl sites for hydroxylation is 1. The molecule has 1 N–H and O–H groups in total. The standard InChI is InChI=1S/C31H26FN5O5S/c1-17-8-10-18(11-9-17)29-28(30(38)33-2)22-13-21(25(14-26(22)42-29)36(3)43(4,40)41)19-12-27(35-34-15-19)37-16-23-20(31(37)39)6-5-7-24(23)32/h5-15H,16H2,1-4H3,(H,33,38). The molecule has 0 unspecified atom stereocenters. The van der Waals surface area contributed by atoms with Crippen molar-refractivity contribution in [2.75, 3.05) is 29.6 Å². The molecule has 2 aromatic heterocycles. The molecular weight excluding hydrogens is 573 g/mol. The fraction of sp³-hybridized carbons (Fsp3) is 0.161. The van der Waals surface area contributed by atoms with Gasteiger partial charge in [-0.3, -0.25) is 18.8 Å². The highest BCUT2D eigenvalue weighted by Gasteiger charge is 2.32. The third kappa shape index (κ3) is 4.79. The fourth-order valence-corrected chi connectivity index (χ4v) is 5.68. The van der Waals surface area contributed by atoms with E-state index >= 15 is 0 Å². The summed E-state index contributed by atoms with van der Waals surface area (Å²) in [6.07, 6.45) is 2.50. The highest BCUT2D eigenvalue weighted by molar-refractivity contribution is 7.92. The molecule has 0 atom stereocenters. The quantitative estimate of drug-likeness (QED) is 0.294. The Balaban J connectivity index is 1.56. The lowest BCUT2D eigenvalue weighted by Crippen LogP contribution is -2.26. The number of carbonyl (C=O) groups excluding carboxylic acids is 2. The monoisotopic (exact) mass is 599 g/mol. The van der Waals surface area contributed by atoms with Crippen LogP contribution in [0.25, 0.3) is 33.4 Å². The summed E-state index contributed by atoms with van der Waals surface area (Å²) in [5.74, 6) is -0.823. The number of nitrogens with one attached hydrogen (secondary N) is 1. The average Bonchev–Trinajstić information content (AvgIpc) is 3.54. The van der Waals surface area contributed by atoms with Crippen LogP contribution in [-0.2, 0) is 16.6 Å². The van der Waals surface area contributed by atoms with Crippen LogP contribution in [0.2, 0.25) is 0 Å². The normalized spacial score (nSPS) is 13.0. The molecule has 0 fully saturated rings. The van der Waals surface area contributed by atoms with E-state index in [4.69, 9.17) is 4.42 Å². The summed E-state index contributed by atoms with van der Waals surface area (Å²) in [5, 5.41) is 11.3. The van der Waals surface area contributed by atoms with Crippen LogP contribution in [0.4, 0.5) is 15.9 Å². The van der Waals surface area contributed by atoms with E-state index < -0.39 is 21.7 Å². The first-order chi connectivity index (χ1) is 20.5. The number of fused-ring (bicyclic) bond motifs is 2. The van der Waals surface area contributed by atoms with Gasteiger partial charge < -0.3 is 9.73 Å². The second-order valence-corrected chi connectivity index (χ2v) is 12.3. The van der Waals surface area contributed by atoms with Gasteiger partial charge in [0.15, 0.2) is 5.82 Å². The van der Waals surface area contributed by atoms with Gasteiger partial charge in [-0.25, -0.2) is 12.8 Å². The fourth-order valence-electron chi connectivity index (χ4n) is 5.18. The van der Waals surface area contributed by atoms with Gasteiger partial charge in [0, 0.05) is 53.4 Å². The van der Waals surface area contributed by atoms with Gasteiger partial charge in [0.2, 0.25) is 10.0 Å². The Labute approximate surface area is 246 Å². The summed E-state index contributed by atoms with van der Waals surface area (Å²) in [7, 11) is -0.823. The molecule has 10 nitrogen and oxygen atoms in total. The van der Waals surface area contributed by atoms with E-state index in [2.05, 4.69) is 15.5 Å². The Morgan fingerprint density at radius 2 is 1.81 bits per heavy atom. The van der Waals surface area contributed by atoms with Gasteiger partial charge in [0.25, 0.3) is 11.8 Å². The van der Waals surface area contributed by atoms with Crippen molar-refractivity contribution in [1.29, 1.82) is 0 Å². The number of hydrogen-bond acceptors (Lipinski definition) is 7. The molecule has 0 bridgehead atoms. The van der Waals surface area contributed by atoms with Gasteiger partial charge in [0.05, 0.1) is 30.2 Å². The molecule has 218 valence electrons. The summed E-state index contributed by atoms with van der Waals surface area (Å²) in [6, 6.07) is 16.6. The number of anilines is 2. The van der Waals surface area contributed by atoms with Crippen molar-refractivity contribution in [2.24, 2.45) is 0 Å². The second kappa shape index (κ2) is 10.3. The Kier molecular flexibility index (Phi) is 6.73. The first-order valence-electron chi connectivity index (χ1n) is 13.2. The predicted molar refractivity (Wildman–Crippen MR) is 161 cm³/mol. The number of rotatable bonds is 6. The number of amides is 2. The van der Waals surface area contributed by atoms with Gasteiger partial charge in [-0.1, -0.05) is 35.9 Å². The smallest absolute Gasteiger partial charge is 0.260 e. The van der Waals surface area contributed by atoms with Gasteiger partial charge in [-0.2, -0.15) is 5.10 Å². The number of aromatic nitrogens is 2. The molecule has 0 saturated carbocycles. The van der Waals surface area contributed by atoms with E-state index in [1.165, 1.54) is 37.3 Å². The number of nitrogens with zero attached hydrogens (tertiary/aromatic N) is 4. The van der Waals surface area contributed by atoms with E-state index in [0.29, 0.717) is 33.4 Å². The van der Waals surface area contributed by atoms with Crippen molar-refractivity contribution in [3.05, 3.63) is 94.9 Å². The molecule has 43 heavy (non-hydrogen) atoms. The Bertz CT molecular complexity index is 2060. The van der Waals surface area contributed by atoms with Crippen molar-refractivity contribution in [3.63, 3.8) is 0 Å². The molecule has 12 heteroatoms. The van der Waals surface area contributed by atoms with Crippen LogP contribution in [0.1, 0.15) is 31.8 Å². The van der Waals surface area contributed by atoms with E-state index in [1.54, 1.807) is 24.3 Å². The molecule has 1 aliphatic rings. The van der Waals surface area contributed by atoms with E-state index in [1.807, 2.05) is 31.2 Å². The molecule has 0 spiro atoms. The minimum Gasteiger partial charge on any atom is -0.455 e. The van der Waals surface area contributed by atoms with Crippen LogP contribution in [0.5, 0.6) is 0 Å². The minimum atomic E-state index is -3.74. The van der Waals surface area contributed by atoms with Crippen molar-refractivity contribution in [2.45, 2.75) is 13.5 Å². The van der Waals surface area contributed by atoms with Crippen molar-refractivity contribution in [3.8, 4) is 22.5 Å². The maximum Gasteiger partial charge on any atom is 0.260 e. The average molecular weight is 600 g/mol. The van der Waals surface area contributed by atoms with Crippen LogP contribution in [0, 0.1) is 12.7 Å². The first kappa shape index (κ1) is 28.0. The summed E-state index contributed by atoms with van der Waals surface area (Å²) in [4.78, 5) is 27.6. The maximum atomic E-state index is 14.5. The molecule has 1 aliphatic heterocycles. The zero-order chi connectivity index (χ0) is 30.6. The van der Waals surface area contributed by atoms with Crippen LogP contribution in [-0.4, -0.2) is 50.8 Å². The lowest BCUT2D eigenvalue weighted by Gasteiger charge is -2.21. The number of sulfonamides is 1. The molecule has 0 radical (unpaired) electrons. The molecule has 0 saturated heterocycles. The van der Waals surface area contributed by atoms with Gasteiger partial charge in [-0.15, -0.1) is 5.10 Å². The SMILES string of the molecule is CNC(=O)c1c(-c2ccc(C)cc2)oc2cc(N(C)S(C)(=O)=O)c(-c3cnnc(N4Cc5c(F)cccc5C4=O)c3)cc12. The summed E-state index contributed by atoms with van der Waals surface area (Å²) >= 11 is 0. The lowest BCUT2D eigenvalue weighted by molar-refractivity contribution is 0.0962. The van der Waals surface area contributed by atoms with Crippen molar-refractivity contribution < 1.29 is 26.8 Å². The molecule has 3 heterocycles. The Hall–Kier alpha value is -5.10. The third-order valence-electron chi connectivity index (χ3n) is 7.55. The maximum absolute atomic E-state index is 14.5. The molecule has 5 aromatic rings. The van der Waals surface area contributed by atoms with Gasteiger partial charge >= 0.3 is 0 Å². The first-order valence-corrected chi connectivity index (χ1v) is 15.1. The van der Waals surface area contributed by atoms with E-state index in [9.17, 15) is 22.4 Å². The molecule has 2 amide bonds. The predicted octanol–water partition coefficient (Wildman–Crippen LogP) is 4.92. The van der Waals surface area contributed by atoms with Crippen LogP contribution in [0.15, 0.2) is 71.3 Å². The third-order valence-corrected chi connectivity index (χ3v) is 8.74. The highest BCUT2D eigenvalue weighted by Crippen LogP contribution is 2.42. The van der Waals surface area contributed by atoms with Gasteiger partial charge in [0.1, 0.15) is 17.2 Å². The molecule has 3 aromatic carbocycles. The number of furan rings is 1. The molecular formula is C31H26FN5O5S. The van der Waals surface area contributed by atoms with Crippen molar-refractivity contribution in [1.82, 2.24) is 15.5 Å². The second-order valence-electron chi connectivity index (χ2n) is 10.3. The van der Waals surface area contributed by atoms with E-state index in [-0.39, 0.29) is 40.6 Å². The number of carbonyl (C=O) groups is 2. The zero-order valence-electron chi connectivity index (χ0n) is 23.7. The zero-order valence-corrected chi connectivity index (χ0v) is 24.5. The molecule has 0 aliphatic carbocycles. The van der Waals surface area contributed by atoms with Crippen molar-refractivity contribution >= 4 is 44.3 Å².